The van der Waals surface area contributed by atoms with Crippen LogP contribution in [0.1, 0.15) is 35.2 Å². The molecule has 0 fully saturated rings. The molecule has 1 amide bonds. The van der Waals surface area contributed by atoms with Gasteiger partial charge in [-0.15, -0.1) is 0 Å². The molecule has 0 radical (unpaired) electrons. The third-order valence-corrected chi connectivity index (χ3v) is 5.72. The molecule has 0 atom stereocenters. The van der Waals surface area contributed by atoms with E-state index in [0.717, 1.165) is 23.1 Å². The highest BCUT2D eigenvalue weighted by molar-refractivity contribution is 6.02. The van der Waals surface area contributed by atoms with E-state index >= 15 is 0 Å². The standard InChI is InChI=1S/C26H23N5O4/c1-4-11-31-21-10-9-17(13-20(21)27-16(3)26(31)33)23-29-25(35-30-23)18-8-7-15(2)19(14-18)28-24(32)22-6-5-12-34-22/h5-10,12-14H,4,11H2,1-3H3,(H,28,32). The van der Waals surface area contributed by atoms with Gasteiger partial charge < -0.3 is 18.8 Å². The number of fused-ring (bicyclic) bond motifs is 1. The lowest BCUT2D eigenvalue weighted by Crippen LogP contribution is -2.24. The summed E-state index contributed by atoms with van der Waals surface area (Å²) < 4.78 is 12.4. The molecule has 9 heteroatoms. The monoisotopic (exact) mass is 469 g/mol. The summed E-state index contributed by atoms with van der Waals surface area (Å²) in [6.45, 7) is 6.26. The zero-order valence-electron chi connectivity index (χ0n) is 19.5. The number of aryl methyl sites for hydroxylation is 3. The summed E-state index contributed by atoms with van der Waals surface area (Å²) in [6, 6.07) is 14.3. The normalized spacial score (nSPS) is 11.2. The summed E-state index contributed by atoms with van der Waals surface area (Å²) in [5, 5.41) is 6.99. The number of carbonyl (C=O) groups excluding carboxylic acids is 1. The Hall–Kier alpha value is -4.53. The second kappa shape index (κ2) is 9.02. The van der Waals surface area contributed by atoms with E-state index in [9.17, 15) is 9.59 Å². The largest absolute Gasteiger partial charge is 0.459 e. The molecule has 0 bridgehead atoms. The molecule has 0 aliphatic rings. The quantitative estimate of drug-likeness (QED) is 0.372. The van der Waals surface area contributed by atoms with Gasteiger partial charge in [0.15, 0.2) is 5.76 Å². The van der Waals surface area contributed by atoms with Crippen molar-refractivity contribution in [1.29, 1.82) is 0 Å². The van der Waals surface area contributed by atoms with Gasteiger partial charge in [-0.05, 0) is 68.3 Å². The van der Waals surface area contributed by atoms with Crippen LogP contribution in [0.3, 0.4) is 0 Å². The first-order chi connectivity index (χ1) is 16.9. The number of furan rings is 1. The Kier molecular flexibility index (Phi) is 5.74. The van der Waals surface area contributed by atoms with E-state index in [1.165, 1.54) is 6.26 Å². The fraction of sp³-hybridized carbons (Fsp3) is 0.192. The molecule has 0 aliphatic carbocycles. The Morgan fingerprint density at radius 2 is 1.89 bits per heavy atom. The van der Waals surface area contributed by atoms with E-state index in [2.05, 4.69) is 20.4 Å². The smallest absolute Gasteiger partial charge is 0.291 e. The number of carbonyl (C=O) groups is 1. The first kappa shape index (κ1) is 22.3. The molecule has 5 aromatic rings. The molecule has 176 valence electrons. The fourth-order valence-electron chi connectivity index (χ4n) is 3.90. The minimum atomic E-state index is -0.345. The number of hydrogen-bond acceptors (Lipinski definition) is 7. The van der Waals surface area contributed by atoms with Gasteiger partial charge in [0.2, 0.25) is 5.82 Å². The van der Waals surface area contributed by atoms with Crippen molar-refractivity contribution in [1.82, 2.24) is 19.7 Å². The summed E-state index contributed by atoms with van der Waals surface area (Å²) in [7, 11) is 0. The second-order valence-corrected chi connectivity index (χ2v) is 8.24. The Morgan fingerprint density at radius 3 is 2.66 bits per heavy atom. The van der Waals surface area contributed by atoms with Crippen molar-refractivity contribution in [3.05, 3.63) is 82.2 Å². The summed E-state index contributed by atoms with van der Waals surface area (Å²) in [6.07, 6.45) is 2.29. The SMILES string of the molecule is CCCn1c(=O)c(C)nc2cc(-c3noc(-c4ccc(C)c(NC(=O)c5ccco5)c4)n3)ccc21. The molecule has 35 heavy (non-hydrogen) atoms. The minimum absolute atomic E-state index is 0.0803. The van der Waals surface area contributed by atoms with E-state index in [0.29, 0.717) is 40.7 Å². The van der Waals surface area contributed by atoms with Crippen molar-refractivity contribution in [3.8, 4) is 22.8 Å². The highest BCUT2D eigenvalue weighted by Gasteiger charge is 2.16. The maximum absolute atomic E-state index is 12.5. The van der Waals surface area contributed by atoms with Gasteiger partial charge >= 0.3 is 0 Å². The van der Waals surface area contributed by atoms with Gasteiger partial charge in [0.05, 0.1) is 17.3 Å². The average molecular weight is 470 g/mol. The minimum Gasteiger partial charge on any atom is -0.459 e. The molecule has 5 rings (SSSR count). The van der Waals surface area contributed by atoms with Crippen molar-refractivity contribution in [2.24, 2.45) is 0 Å². The lowest BCUT2D eigenvalue weighted by Gasteiger charge is -2.10. The van der Waals surface area contributed by atoms with Gasteiger partial charge in [0.1, 0.15) is 5.69 Å². The molecule has 0 spiro atoms. The predicted molar refractivity (Wildman–Crippen MR) is 131 cm³/mol. The second-order valence-electron chi connectivity index (χ2n) is 8.24. The van der Waals surface area contributed by atoms with Gasteiger partial charge in [-0.25, -0.2) is 4.98 Å². The molecule has 2 aromatic carbocycles. The average Bonchev–Trinajstić information content (AvgIpc) is 3.56. The lowest BCUT2D eigenvalue weighted by molar-refractivity contribution is 0.0996. The fourth-order valence-corrected chi connectivity index (χ4v) is 3.90. The van der Waals surface area contributed by atoms with Crippen molar-refractivity contribution in [3.63, 3.8) is 0 Å². The Balaban J connectivity index is 1.47. The number of hydrogen-bond donors (Lipinski definition) is 1. The summed E-state index contributed by atoms with van der Waals surface area (Å²) in [4.78, 5) is 33.9. The van der Waals surface area contributed by atoms with Gasteiger partial charge in [0.25, 0.3) is 17.4 Å². The number of aromatic nitrogens is 4. The first-order valence-corrected chi connectivity index (χ1v) is 11.3. The molecule has 0 saturated heterocycles. The highest BCUT2D eigenvalue weighted by Crippen LogP contribution is 2.28. The van der Waals surface area contributed by atoms with E-state index in [1.54, 1.807) is 29.7 Å². The van der Waals surface area contributed by atoms with Gasteiger partial charge in [-0.3, -0.25) is 9.59 Å². The molecular formula is C26H23N5O4. The van der Waals surface area contributed by atoms with Crippen LogP contribution in [0.2, 0.25) is 0 Å². The van der Waals surface area contributed by atoms with E-state index < -0.39 is 0 Å². The van der Waals surface area contributed by atoms with Crippen LogP contribution in [0.15, 0.2) is 68.5 Å². The summed E-state index contributed by atoms with van der Waals surface area (Å²) in [5.41, 5.74) is 4.70. The Morgan fingerprint density at radius 1 is 1.06 bits per heavy atom. The maximum Gasteiger partial charge on any atom is 0.291 e. The molecule has 0 saturated carbocycles. The van der Waals surface area contributed by atoms with Crippen LogP contribution in [0.25, 0.3) is 33.9 Å². The molecule has 9 nitrogen and oxygen atoms in total. The van der Waals surface area contributed by atoms with Crippen LogP contribution in [0.5, 0.6) is 0 Å². The predicted octanol–water partition coefficient (Wildman–Crippen LogP) is 4.99. The topological polar surface area (TPSA) is 116 Å². The van der Waals surface area contributed by atoms with Crippen LogP contribution < -0.4 is 10.9 Å². The molecule has 0 aliphatic heterocycles. The van der Waals surface area contributed by atoms with Crippen molar-refractivity contribution >= 4 is 22.6 Å². The number of nitrogens with one attached hydrogen (secondary N) is 1. The molecular weight excluding hydrogens is 446 g/mol. The van der Waals surface area contributed by atoms with Crippen LogP contribution in [-0.2, 0) is 6.54 Å². The van der Waals surface area contributed by atoms with Crippen LogP contribution in [-0.4, -0.2) is 25.6 Å². The van der Waals surface area contributed by atoms with E-state index in [-0.39, 0.29) is 17.2 Å². The van der Waals surface area contributed by atoms with Crippen LogP contribution in [0.4, 0.5) is 5.69 Å². The zero-order valence-corrected chi connectivity index (χ0v) is 19.5. The lowest BCUT2D eigenvalue weighted by atomic mass is 10.1. The summed E-state index contributed by atoms with van der Waals surface area (Å²) >= 11 is 0. The molecule has 3 heterocycles. The van der Waals surface area contributed by atoms with Gasteiger partial charge in [0, 0.05) is 23.4 Å². The van der Waals surface area contributed by atoms with Crippen molar-refractivity contribution < 1.29 is 13.7 Å². The zero-order chi connectivity index (χ0) is 24.5. The van der Waals surface area contributed by atoms with E-state index in [1.807, 2.05) is 44.2 Å². The molecule has 1 N–H and O–H groups in total. The number of amides is 1. The number of anilines is 1. The van der Waals surface area contributed by atoms with Crippen molar-refractivity contribution in [2.75, 3.05) is 5.32 Å². The number of rotatable bonds is 6. The highest BCUT2D eigenvalue weighted by atomic mass is 16.5. The van der Waals surface area contributed by atoms with Crippen LogP contribution in [0, 0.1) is 13.8 Å². The third kappa shape index (κ3) is 4.23. The summed E-state index contributed by atoms with van der Waals surface area (Å²) in [5.74, 6) is 0.589. The molecule has 3 aromatic heterocycles. The van der Waals surface area contributed by atoms with Gasteiger partial charge in [-0.1, -0.05) is 18.1 Å². The Bertz CT molecular complexity index is 1600. The van der Waals surface area contributed by atoms with Crippen molar-refractivity contribution in [2.45, 2.75) is 33.7 Å². The number of benzene rings is 2. The maximum atomic E-state index is 12.5. The van der Waals surface area contributed by atoms with Gasteiger partial charge in [-0.2, -0.15) is 4.98 Å². The number of nitrogens with zero attached hydrogens (tertiary/aromatic N) is 4. The Labute approximate surface area is 200 Å². The van der Waals surface area contributed by atoms with Crippen LogP contribution >= 0.6 is 0 Å². The van der Waals surface area contributed by atoms with E-state index in [4.69, 9.17) is 8.94 Å². The first-order valence-electron chi connectivity index (χ1n) is 11.3. The molecule has 0 unspecified atom stereocenters. The third-order valence-electron chi connectivity index (χ3n) is 5.72.